The summed E-state index contributed by atoms with van der Waals surface area (Å²) >= 11 is 0. The van der Waals surface area contributed by atoms with Crippen LogP contribution in [0.2, 0.25) is 0 Å². The van der Waals surface area contributed by atoms with Crippen LogP contribution in [0.4, 0.5) is 5.69 Å². The quantitative estimate of drug-likeness (QED) is 0.705. The van der Waals surface area contributed by atoms with E-state index in [2.05, 4.69) is 10.6 Å². The van der Waals surface area contributed by atoms with Gasteiger partial charge >= 0.3 is 0 Å². The number of ether oxygens (including phenoxy) is 1. The zero-order chi connectivity index (χ0) is 14.4. The number of amides is 2. The molecule has 108 valence electrons. The van der Waals surface area contributed by atoms with Crippen LogP contribution >= 0.6 is 0 Å². The third-order valence-electron chi connectivity index (χ3n) is 3.18. The van der Waals surface area contributed by atoms with Crippen LogP contribution in [-0.2, 0) is 9.59 Å². The summed E-state index contributed by atoms with van der Waals surface area (Å²) in [4.78, 5) is 22.8. The monoisotopic (exact) mass is 277 g/mol. The van der Waals surface area contributed by atoms with E-state index in [0.29, 0.717) is 18.0 Å². The lowest BCUT2D eigenvalue weighted by Crippen LogP contribution is -2.25. The molecule has 1 unspecified atom stereocenters. The summed E-state index contributed by atoms with van der Waals surface area (Å²) in [6.07, 6.45) is 0.991. The second kappa shape index (κ2) is 6.91. The first-order valence-electron chi connectivity index (χ1n) is 6.68. The van der Waals surface area contributed by atoms with Crippen molar-refractivity contribution >= 4 is 17.5 Å². The first kappa shape index (κ1) is 14.3. The average Bonchev–Trinajstić information content (AvgIpc) is 2.94. The molecule has 2 amide bonds. The Morgan fingerprint density at radius 1 is 1.40 bits per heavy atom. The van der Waals surface area contributed by atoms with Gasteiger partial charge in [-0.3, -0.25) is 9.59 Å². The van der Waals surface area contributed by atoms with Gasteiger partial charge in [-0.1, -0.05) is 12.1 Å². The average molecular weight is 277 g/mol. The minimum Gasteiger partial charge on any atom is -0.491 e. The number of benzene rings is 1. The van der Waals surface area contributed by atoms with Crippen molar-refractivity contribution in [3.05, 3.63) is 24.3 Å². The van der Waals surface area contributed by atoms with Gasteiger partial charge in [-0.2, -0.15) is 0 Å². The summed E-state index contributed by atoms with van der Waals surface area (Å²) < 4.78 is 5.48. The van der Waals surface area contributed by atoms with Gasteiger partial charge in [0.25, 0.3) is 0 Å². The number of para-hydroxylation sites is 2. The molecule has 6 heteroatoms. The number of carbonyl (C=O) groups is 2. The maximum absolute atomic E-state index is 12.1. The Morgan fingerprint density at radius 2 is 2.20 bits per heavy atom. The van der Waals surface area contributed by atoms with Crippen LogP contribution in [0.25, 0.3) is 0 Å². The predicted molar refractivity (Wildman–Crippen MR) is 75.4 cm³/mol. The number of hydrogen-bond donors (Lipinski definition) is 3. The molecule has 0 saturated carbocycles. The van der Waals surface area contributed by atoms with Gasteiger partial charge in [0.1, 0.15) is 5.75 Å². The van der Waals surface area contributed by atoms with E-state index in [1.165, 1.54) is 0 Å². The van der Waals surface area contributed by atoms with Crippen LogP contribution in [-0.4, -0.2) is 31.5 Å². The van der Waals surface area contributed by atoms with Crippen LogP contribution in [0.5, 0.6) is 5.75 Å². The van der Waals surface area contributed by atoms with Crippen molar-refractivity contribution in [2.45, 2.75) is 12.8 Å². The van der Waals surface area contributed by atoms with Crippen molar-refractivity contribution in [2.24, 2.45) is 11.7 Å². The maximum atomic E-state index is 12.1. The second-order valence-corrected chi connectivity index (χ2v) is 4.74. The zero-order valence-electron chi connectivity index (χ0n) is 11.2. The fourth-order valence-electron chi connectivity index (χ4n) is 2.07. The number of hydrogen-bond acceptors (Lipinski definition) is 4. The van der Waals surface area contributed by atoms with Crippen LogP contribution in [0, 0.1) is 5.92 Å². The summed E-state index contributed by atoms with van der Waals surface area (Å²) in [5.74, 6) is 0.117. The van der Waals surface area contributed by atoms with Crippen molar-refractivity contribution in [3.8, 4) is 5.75 Å². The van der Waals surface area contributed by atoms with Crippen molar-refractivity contribution in [3.63, 3.8) is 0 Å². The van der Waals surface area contributed by atoms with Crippen LogP contribution in [0.1, 0.15) is 12.8 Å². The van der Waals surface area contributed by atoms with E-state index < -0.39 is 5.91 Å². The zero-order valence-corrected chi connectivity index (χ0v) is 11.2. The Bertz CT molecular complexity index is 484. The van der Waals surface area contributed by atoms with Crippen LogP contribution < -0.4 is 21.1 Å². The van der Waals surface area contributed by atoms with Gasteiger partial charge in [0.15, 0.2) is 0 Å². The lowest BCUT2D eigenvalue weighted by atomic mass is 10.1. The summed E-state index contributed by atoms with van der Waals surface area (Å²) in [6, 6.07) is 7.17. The molecule has 1 aliphatic rings. The van der Waals surface area contributed by atoms with Gasteiger partial charge in [-0.25, -0.2) is 0 Å². The molecule has 1 aliphatic heterocycles. The first-order chi connectivity index (χ1) is 9.66. The van der Waals surface area contributed by atoms with E-state index in [0.717, 1.165) is 13.0 Å². The second-order valence-electron chi connectivity index (χ2n) is 4.74. The number of nitrogens with one attached hydrogen (secondary N) is 2. The minimum absolute atomic E-state index is 0.00586. The Morgan fingerprint density at radius 3 is 2.90 bits per heavy atom. The van der Waals surface area contributed by atoms with E-state index in [1.54, 1.807) is 12.1 Å². The fraction of sp³-hybridized carbons (Fsp3) is 0.429. The van der Waals surface area contributed by atoms with E-state index in [9.17, 15) is 9.59 Å². The molecule has 1 aromatic rings. The Balaban J connectivity index is 1.96. The maximum Gasteiger partial charge on any atom is 0.228 e. The lowest BCUT2D eigenvalue weighted by Gasteiger charge is -2.14. The molecule has 20 heavy (non-hydrogen) atoms. The molecule has 0 bridgehead atoms. The smallest absolute Gasteiger partial charge is 0.228 e. The molecule has 0 aromatic heterocycles. The predicted octanol–water partition coefficient (Wildman–Crippen LogP) is 0.489. The van der Waals surface area contributed by atoms with Crippen LogP contribution in [0.3, 0.4) is 0 Å². The van der Waals surface area contributed by atoms with E-state index in [4.69, 9.17) is 10.5 Å². The molecule has 0 spiro atoms. The number of carbonyl (C=O) groups excluding carboxylic acids is 2. The molecule has 1 heterocycles. The first-order valence-corrected chi connectivity index (χ1v) is 6.68. The molecule has 1 fully saturated rings. The number of rotatable bonds is 6. The molecule has 1 atom stereocenters. The number of primary amides is 1. The highest BCUT2D eigenvalue weighted by atomic mass is 16.5. The Hall–Kier alpha value is -2.08. The third kappa shape index (κ3) is 3.96. The van der Waals surface area contributed by atoms with E-state index >= 15 is 0 Å². The van der Waals surface area contributed by atoms with Crippen molar-refractivity contribution in [1.29, 1.82) is 0 Å². The molecule has 0 radical (unpaired) electrons. The Kier molecular flexibility index (Phi) is 4.95. The molecule has 6 nitrogen and oxygen atoms in total. The summed E-state index contributed by atoms with van der Waals surface area (Å²) in [6.45, 7) is 1.78. The standard InChI is InChI=1S/C14H19N3O3/c15-13(18)6-8-20-12-4-2-1-3-11(12)17-14(19)10-5-7-16-9-10/h1-4,10,16H,5-9H2,(H2,15,18)(H,17,19). The Labute approximate surface area is 117 Å². The van der Waals surface area contributed by atoms with Crippen molar-refractivity contribution < 1.29 is 14.3 Å². The lowest BCUT2D eigenvalue weighted by molar-refractivity contribution is -0.119. The highest BCUT2D eigenvalue weighted by Gasteiger charge is 2.23. The van der Waals surface area contributed by atoms with Crippen molar-refractivity contribution in [1.82, 2.24) is 5.32 Å². The molecule has 1 aromatic carbocycles. The molecule has 4 N–H and O–H groups in total. The van der Waals surface area contributed by atoms with E-state index in [1.807, 2.05) is 12.1 Å². The largest absolute Gasteiger partial charge is 0.491 e. The van der Waals surface area contributed by atoms with Gasteiger partial charge in [0.2, 0.25) is 11.8 Å². The minimum atomic E-state index is -0.413. The van der Waals surface area contributed by atoms with Gasteiger partial charge in [0, 0.05) is 6.54 Å². The summed E-state index contributed by atoms with van der Waals surface area (Å²) in [5, 5.41) is 6.03. The normalized spacial score (nSPS) is 17.7. The number of anilines is 1. The highest BCUT2D eigenvalue weighted by molar-refractivity contribution is 5.94. The van der Waals surface area contributed by atoms with E-state index in [-0.39, 0.29) is 24.9 Å². The summed E-state index contributed by atoms with van der Waals surface area (Å²) in [7, 11) is 0. The highest BCUT2D eigenvalue weighted by Crippen LogP contribution is 2.25. The topological polar surface area (TPSA) is 93.5 Å². The molecular weight excluding hydrogens is 258 g/mol. The molecule has 1 saturated heterocycles. The van der Waals surface area contributed by atoms with Gasteiger partial charge in [-0.15, -0.1) is 0 Å². The third-order valence-corrected chi connectivity index (χ3v) is 3.18. The number of nitrogens with two attached hydrogens (primary N) is 1. The van der Waals surface area contributed by atoms with Crippen LogP contribution in [0.15, 0.2) is 24.3 Å². The fourth-order valence-corrected chi connectivity index (χ4v) is 2.07. The molecule has 0 aliphatic carbocycles. The molecular formula is C14H19N3O3. The van der Waals surface area contributed by atoms with Gasteiger partial charge in [-0.05, 0) is 25.1 Å². The molecule has 2 rings (SSSR count). The van der Waals surface area contributed by atoms with Crippen molar-refractivity contribution in [2.75, 3.05) is 25.0 Å². The SMILES string of the molecule is NC(=O)CCOc1ccccc1NC(=O)C1CCNC1. The van der Waals surface area contributed by atoms with Gasteiger partial charge < -0.3 is 21.1 Å². The van der Waals surface area contributed by atoms with Gasteiger partial charge in [0.05, 0.1) is 24.6 Å². The summed E-state index contributed by atoms with van der Waals surface area (Å²) in [5.41, 5.74) is 5.68.